The second-order valence-corrected chi connectivity index (χ2v) is 7.41. The molecule has 1 heterocycles. The maximum absolute atomic E-state index is 12.6. The lowest BCUT2D eigenvalue weighted by molar-refractivity contribution is 0.102. The fraction of sp³-hybridized carbons (Fsp3) is 0.118. The number of amides is 2. The molecule has 2 aromatic carbocycles. The van der Waals surface area contributed by atoms with Crippen LogP contribution in [-0.2, 0) is 0 Å². The topological polar surface area (TPSA) is 91.3 Å². The Morgan fingerprint density at radius 3 is 2.60 bits per heavy atom. The van der Waals surface area contributed by atoms with Crippen LogP contribution in [0.2, 0.25) is 0 Å². The molecule has 0 spiro atoms. The third-order valence-electron chi connectivity index (χ3n) is 3.53. The lowest BCUT2D eigenvalue weighted by atomic mass is 10.1. The number of hydrogen-bond acceptors (Lipinski definition) is 4. The number of aryl methyl sites for hydroxylation is 2. The molecule has 0 aliphatic heterocycles. The van der Waals surface area contributed by atoms with Gasteiger partial charge in [-0.1, -0.05) is 17.4 Å². The molecule has 0 aliphatic rings. The fourth-order valence-corrected chi connectivity index (χ4v) is 4.14. The normalized spacial score (nSPS) is 10.7. The van der Waals surface area contributed by atoms with Gasteiger partial charge in [0.2, 0.25) is 0 Å². The summed E-state index contributed by atoms with van der Waals surface area (Å²) in [6.45, 7) is 3.92. The van der Waals surface area contributed by atoms with Crippen LogP contribution in [-0.4, -0.2) is 22.1 Å². The second-order valence-electron chi connectivity index (χ2n) is 5.52. The average Bonchev–Trinajstić information content (AvgIpc) is 2.90. The van der Waals surface area contributed by atoms with Gasteiger partial charge >= 0.3 is 6.09 Å². The maximum Gasteiger partial charge on any atom is 0.410 e. The second kappa shape index (κ2) is 6.81. The van der Waals surface area contributed by atoms with E-state index in [0.29, 0.717) is 11.1 Å². The van der Waals surface area contributed by atoms with E-state index in [1.54, 1.807) is 18.2 Å². The number of rotatable bonds is 3. The number of hydrogen-bond donors (Lipinski definition) is 3. The van der Waals surface area contributed by atoms with Crippen molar-refractivity contribution in [3.05, 3.63) is 51.5 Å². The average molecular weight is 420 g/mol. The molecule has 0 unspecified atom stereocenters. The van der Waals surface area contributed by atoms with Crippen LogP contribution in [0.25, 0.3) is 10.2 Å². The van der Waals surface area contributed by atoms with E-state index in [9.17, 15) is 9.59 Å². The number of carbonyl (C=O) groups excluding carboxylic acids is 1. The Morgan fingerprint density at radius 2 is 1.92 bits per heavy atom. The number of fused-ring (bicyclic) bond motifs is 1. The molecule has 1 aromatic heterocycles. The van der Waals surface area contributed by atoms with Gasteiger partial charge in [-0.05, 0) is 65.2 Å². The van der Waals surface area contributed by atoms with Crippen LogP contribution in [0.15, 0.2) is 34.8 Å². The minimum Gasteiger partial charge on any atom is -0.465 e. The Morgan fingerprint density at radius 1 is 1.16 bits per heavy atom. The van der Waals surface area contributed by atoms with E-state index < -0.39 is 6.09 Å². The Labute approximate surface area is 156 Å². The van der Waals surface area contributed by atoms with Gasteiger partial charge < -0.3 is 10.4 Å². The molecule has 0 aliphatic carbocycles. The summed E-state index contributed by atoms with van der Waals surface area (Å²) in [6.07, 6.45) is -1.17. The molecule has 6 nitrogen and oxygen atoms in total. The zero-order valence-electron chi connectivity index (χ0n) is 13.4. The SMILES string of the molecule is Cc1cc(C)c(NC(=O)c2ccc3nc(NC(=O)O)sc3c2)c(Br)c1. The molecule has 0 saturated carbocycles. The van der Waals surface area contributed by atoms with Gasteiger partial charge in [-0.3, -0.25) is 10.1 Å². The van der Waals surface area contributed by atoms with Crippen molar-refractivity contribution >= 4 is 60.3 Å². The highest BCUT2D eigenvalue weighted by Gasteiger charge is 2.13. The van der Waals surface area contributed by atoms with Crippen LogP contribution in [0.5, 0.6) is 0 Å². The Balaban J connectivity index is 1.88. The molecule has 128 valence electrons. The first-order chi connectivity index (χ1) is 11.8. The van der Waals surface area contributed by atoms with Gasteiger partial charge in [0, 0.05) is 10.0 Å². The minimum atomic E-state index is -1.17. The van der Waals surface area contributed by atoms with E-state index in [-0.39, 0.29) is 11.0 Å². The maximum atomic E-state index is 12.6. The van der Waals surface area contributed by atoms with Crippen molar-refractivity contribution < 1.29 is 14.7 Å². The standard InChI is InChI=1S/C17H14BrN3O3S/c1-8-5-9(2)14(11(18)6-8)20-15(22)10-3-4-12-13(7-10)25-16(19-12)21-17(23)24/h3-7H,1-2H3,(H,19,21)(H,20,22)(H,23,24). The number of benzene rings is 2. The van der Waals surface area contributed by atoms with E-state index in [4.69, 9.17) is 5.11 Å². The molecule has 0 saturated heterocycles. The highest BCUT2D eigenvalue weighted by Crippen LogP contribution is 2.30. The number of thiazole rings is 1. The lowest BCUT2D eigenvalue weighted by Crippen LogP contribution is -2.13. The van der Waals surface area contributed by atoms with Gasteiger partial charge in [-0.2, -0.15) is 0 Å². The predicted molar refractivity (Wildman–Crippen MR) is 103 cm³/mol. The molecule has 2 amide bonds. The van der Waals surface area contributed by atoms with Crippen LogP contribution >= 0.6 is 27.3 Å². The van der Waals surface area contributed by atoms with Crippen molar-refractivity contribution in [3.8, 4) is 0 Å². The number of nitrogens with one attached hydrogen (secondary N) is 2. The van der Waals surface area contributed by atoms with Crippen LogP contribution in [0, 0.1) is 13.8 Å². The van der Waals surface area contributed by atoms with Crippen molar-refractivity contribution in [2.75, 3.05) is 10.6 Å². The Hall–Kier alpha value is -2.45. The van der Waals surface area contributed by atoms with Crippen molar-refractivity contribution in [1.29, 1.82) is 0 Å². The number of anilines is 2. The summed E-state index contributed by atoms with van der Waals surface area (Å²) in [4.78, 5) is 27.4. The largest absolute Gasteiger partial charge is 0.465 e. The van der Waals surface area contributed by atoms with Crippen LogP contribution in [0.3, 0.4) is 0 Å². The number of carboxylic acid groups (broad SMARTS) is 1. The summed E-state index contributed by atoms with van der Waals surface area (Å²) < 4.78 is 1.56. The molecule has 0 radical (unpaired) electrons. The smallest absolute Gasteiger partial charge is 0.410 e. The molecular weight excluding hydrogens is 406 g/mol. The summed E-state index contributed by atoms with van der Waals surface area (Å²) in [7, 11) is 0. The molecular formula is C17H14BrN3O3S. The van der Waals surface area contributed by atoms with Crippen LogP contribution in [0.1, 0.15) is 21.5 Å². The molecule has 0 bridgehead atoms. The zero-order valence-corrected chi connectivity index (χ0v) is 15.8. The van der Waals surface area contributed by atoms with Crippen molar-refractivity contribution in [2.45, 2.75) is 13.8 Å². The molecule has 3 aromatic rings. The summed E-state index contributed by atoms with van der Waals surface area (Å²) in [5, 5.41) is 14.2. The van der Waals surface area contributed by atoms with E-state index in [2.05, 4.69) is 31.5 Å². The molecule has 0 fully saturated rings. The summed E-state index contributed by atoms with van der Waals surface area (Å²) in [5.41, 5.74) is 3.91. The number of nitrogens with zero attached hydrogens (tertiary/aromatic N) is 1. The van der Waals surface area contributed by atoms with E-state index in [0.717, 1.165) is 26.0 Å². The number of aromatic nitrogens is 1. The van der Waals surface area contributed by atoms with Gasteiger partial charge in [0.25, 0.3) is 5.91 Å². The lowest BCUT2D eigenvalue weighted by Gasteiger charge is -2.12. The van der Waals surface area contributed by atoms with Gasteiger partial charge in [0.1, 0.15) is 0 Å². The first kappa shape index (κ1) is 17.4. The highest BCUT2D eigenvalue weighted by molar-refractivity contribution is 9.10. The molecule has 8 heteroatoms. The number of halogens is 1. The summed E-state index contributed by atoms with van der Waals surface area (Å²) in [6, 6.07) is 9.01. The summed E-state index contributed by atoms with van der Waals surface area (Å²) in [5.74, 6) is -0.240. The van der Waals surface area contributed by atoms with Gasteiger partial charge in [0.05, 0.1) is 15.9 Å². The first-order valence-electron chi connectivity index (χ1n) is 7.32. The Kier molecular flexibility index (Phi) is 4.73. The number of carbonyl (C=O) groups is 2. The van der Waals surface area contributed by atoms with E-state index >= 15 is 0 Å². The van der Waals surface area contributed by atoms with E-state index in [1.807, 2.05) is 26.0 Å². The van der Waals surface area contributed by atoms with Crippen LogP contribution in [0.4, 0.5) is 15.6 Å². The molecule has 0 atom stereocenters. The third-order valence-corrected chi connectivity index (χ3v) is 5.09. The van der Waals surface area contributed by atoms with Crippen molar-refractivity contribution in [3.63, 3.8) is 0 Å². The van der Waals surface area contributed by atoms with Gasteiger partial charge in [0.15, 0.2) is 5.13 Å². The fourth-order valence-electron chi connectivity index (χ4n) is 2.47. The summed E-state index contributed by atoms with van der Waals surface area (Å²) >= 11 is 4.66. The van der Waals surface area contributed by atoms with Crippen molar-refractivity contribution in [1.82, 2.24) is 4.98 Å². The zero-order chi connectivity index (χ0) is 18.1. The molecule has 25 heavy (non-hydrogen) atoms. The van der Waals surface area contributed by atoms with Crippen molar-refractivity contribution in [2.24, 2.45) is 0 Å². The molecule has 3 N–H and O–H groups in total. The quantitative estimate of drug-likeness (QED) is 0.555. The monoisotopic (exact) mass is 419 g/mol. The molecule has 3 rings (SSSR count). The van der Waals surface area contributed by atoms with Crippen LogP contribution < -0.4 is 10.6 Å². The predicted octanol–water partition coefficient (Wildman–Crippen LogP) is 5.02. The van der Waals surface area contributed by atoms with Gasteiger partial charge in [-0.25, -0.2) is 9.78 Å². The minimum absolute atomic E-state index is 0.240. The highest BCUT2D eigenvalue weighted by atomic mass is 79.9. The van der Waals surface area contributed by atoms with Gasteiger partial charge in [-0.15, -0.1) is 0 Å². The Bertz CT molecular complexity index is 977. The first-order valence-corrected chi connectivity index (χ1v) is 8.93. The van der Waals surface area contributed by atoms with E-state index in [1.165, 1.54) is 11.3 Å². The third kappa shape index (κ3) is 3.80.